The van der Waals surface area contributed by atoms with Crippen molar-refractivity contribution in [3.05, 3.63) is 48.6 Å². The summed E-state index contributed by atoms with van der Waals surface area (Å²) in [6.45, 7) is 6.57. The molecule has 0 heterocycles. The first-order valence-electron chi connectivity index (χ1n) is 26.1. The molecule has 0 aromatic rings. The van der Waals surface area contributed by atoms with Crippen LogP contribution in [-0.4, -0.2) is 37.2 Å². The van der Waals surface area contributed by atoms with E-state index in [-0.39, 0.29) is 37.5 Å². The van der Waals surface area contributed by atoms with Gasteiger partial charge in [-0.05, 0) is 83.5 Å². The standard InChI is InChI=1S/C55H98O6/c1-4-7-10-13-16-19-22-24-26-27-29-30-33-36-39-42-45-48-54(57)60-51-52(50-59-53(56)47-44-41-38-35-32-21-18-15-12-9-6-3)61-55(58)49-46-43-40-37-34-31-28-25-23-20-17-14-11-8-5-2/h17,20,24-26,28,34,37,52H,4-16,18-19,21-23,27,29-33,35-36,38-51H2,1-3H3/b20-17-,26-24-,28-25-,37-34-/t52-/m1/s1. The van der Waals surface area contributed by atoms with E-state index < -0.39 is 6.10 Å². The highest BCUT2D eigenvalue weighted by Crippen LogP contribution is 2.15. The first-order valence-corrected chi connectivity index (χ1v) is 26.1. The lowest BCUT2D eigenvalue weighted by molar-refractivity contribution is -0.167. The van der Waals surface area contributed by atoms with Gasteiger partial charge in [-0.25, -0.2) is 0 Å². The van der Waals surface area contributed by atoms with Crippen LogP contribution in [0.5, 0.6) is 0 Å². The van der Waals surface area contributed by atoms with Crippen molar-refractivity contribution in [1.29, 1.82) is 0 Å². The Hall–Kier alpha value is -2.63. The van der Waals surface area contributed by atoms with Gasteiger partial charge in [-0.1, -0.05) is 211 Å². The second-order valence-corrected chi connectivity index (χ2v) is 17.4. The van der Waals surface area contributed by atoms with E-state index in [4.69, 9.17) is 14.2 Å². The van der Waals surface area contributed by atoms with Gasteiger partial charge in [0.1, 0.15) is 13.2 Å². The molecule has 1 atom stereocenters. The molecular formula is C55H98O6. The van der Waals surface area contributed by atoms with E-state index in [1.165, 1.54) is 154 Å². The van der Waals surface area contributed by atoms with Crippen LogP contribution < -0.4 is 0 Å². The molecule has 6 heteroatoms. The predicted molar refractivity (Wildman–Crippen MR) is 261 cm³/mol. The number of allylic oxidation sites excluding steroid dienone is 8. The van der Waals surface area contributed by atoms with E-state index in [0.29, 0.717) is 19.3 Å². The van der Waals surface area contributed by atoms with Gasteiger partial charge in [0.05, 0.1) is 0 Å². The molecule has 0 spiro atoms. The molecule has 0 aliphatic heterocycles. The summed E-state index contributed by atoms with van der Waals surface area (Å²) in [7, 11) is 0. The number of esters is 3. The molecule has 0 aliphatic rings. The molecule has 0 amide bonds. The summed E-state index contributed by atoms with van der Waals surface area (Å²) >= 11 is 0. The van der Waals surface area contributed by atoms with Crippen LogP contribution >= 0.6 is 0 Å². The van der Waals surface area contributed by atoms with Crippen molar-refractivity contribution in [3.63, 3.8) is 0 Å². The van der Waals surface area contributed by atoms with Gasteiger partial charge in [-0.15, -0.1) is 0 Å². The SMILES string of the molecule is CCCCC/C=C\C/C=C\C/C=C\CCCCC(=O)O[C@@H](COC(=O)CCCCCCCCC/C=C\CCCCCCCC)COC(=O)CCCCCCCCCCCCC. The van der Waals surface area contributed by atoms with E-state index >= 15 is 0 Å². The van der Waals surface area contributed by atoms with Crippen LogP contribution in [-0.2, 0) is 28.6 Å². The average molecular weight is 855 g/mol. The van der Waals surface area contributed by atoms with E-state index in [0.717, 1.165) is 64.2 Å². The third-order valence-electron chi connectivity index (χ3n) is 11.3. The normalized spacial score (nSPS) is 12.4. The van der Waals surface area contributed by atoms with Crippen LogP contribution in [0.15, 0.2) is 48.6 Å². The van der Waals surface area contributed by atoms with Crippen LogP contribution in [0.4, 0.5) is 0 Å². The van der Waals surface area contributed by atoms with E-state index in [1.54, 1.807) is 0 Å². The molecule has 354 valence electrons. The van der Waals surface area contributed by atoms with Crippen molar-refractivity contribution in [3.8, 4) is 0 Å². The van der Waals surface area contributed by atoms with Gasteiger partial charge in [-0.2, -0.15) is 0 Å². The second kappa shape index (κ2) is 50.0. The Morgan fingerprint density at radius 2 is 0.590 bits per heavy atom. The fourth-order valence-corrected chi connectivity index (χ4v) is 7.33. The fraction of sp³-hybridized carbons (Fsp3) is 0.800. The van der Waals surface area contributed by atoms with Gasteiger partial charge in [0.2, 0.25) is 0 Å². The Kier molecular flexibility index (Phi) is 47.9. The second-order valence-electron chi connectivity index (χ2n) is 17.4. The van der Waals surface area contributed by atoms with Crippen LogP contribution in [0.3, 0.4) is 0 Å². The molecule has 0 aromatic heterocycles. The highest BCUT2D eigenvalue weighted by molar-refractivity contribution is 5.71. The molecule has 6 nitrogen and oxygen atoms in total. The monoisotopic (exact) mass is 855 g/mol. The molecule has 0 saturated carbocycles. The lowest BCUT2D eigenvalue weighted by atomic mass is 10.1. The smallest absolute Gasteiger partial charge is 0.306 e. The maximum absolute atomic E-state index is 12.8. The van der Waals surface area contributed by atoms with Crippen LogP contribution in [0.1, 0.15) is 265 Å². The zero-order valence-electron chi connectivity index (χ0n) is 40.4. The van der Waals surface area contributed by atoms with Gasteiger partial charge < -0.3 is 14.2 Å². The maximum atomic E-state index is 12.8. The molecule has 0 aromatic carbocycles. The van der Waals surface area contributed by atoms with E-state index in [1.807, 2.05) is 0 Å². The van der Waals surface area contributed by atoms with Crippen molar-refractivity contribution in [2.45, 2.75) is 271 Å². The van der Waals surface area contributed by atoms with Crippen molar-refractivity contribution in [2.75, 3.05) is 13.2 Å². The molecule has 0 unspecified atom stereocenters. The van der Waals surface area contributed by atoms with Crippen LogP contribution in [0.25, 0.3) is 0 Å². The van der Waals surface area contributed by atoms with Crippen molar-refractivity contribution in [2.24, 2.45) is 0 Å². The maximum Gasteiger partial charge on any atom is 0.306 e. The highest BCUT2D eigenvalue weighted by atomic mass is 16.6. The minimum absolute atomic E-state index is 0.0876. The predicted octanol–water partition coefficient (Wildman–Crippen LogP) is 17.1. The van der Waals surface area contributed by atoms with Gasteiger partial charge in [-0.3, -0.25) is 14.4 Å². The summed E-state index contributed by atoms with van der Waals surface area (Å²) in [5, 5.41) is 0. The third kappa shape index (κ3) is 48.3. The van der Waals surface area contributed by atoms with E-state index in [9.17, 15) is 14.4 Å². The Labute approximate surface area is 378 Å². The van der Waals surface area contributed by atoms with Gasteiger partial charge in [0.25, 0.3) is 0 Å². The average Bonchev–Trinajstić information content (AvgIpc) is 3.26. The van der Waals surface area contributed by atoms with Gasteiger partial charge in [0, 0.05) is 19.3 Å². The minimum atomic E-state index is -0.791. The molecule has 0 bridgehead atoms. The lowest BCUT2D eigenvalue weighted by Crippen LogP contribution is -2.30. The van der Waals surface area contributed by atoms with Gasteiger partial charge >= 0.3 is 17.9 Å². The molecular weight excluding hydrogens is 757 g/mol. The Bertz CT molecular complexity index is 1070. The summed E-state index contributed by atoms with van der Waals surface area (Å²) in [4.78, 5) is 37.9. The highest BCUT2D eigenvalue weighted by Gasteiger charge is 2.19. The summed E-state index contributed by atoms with van der Waals surface area (Å²) in [6.07, 6.45) is 59.5. The number of ether oxygens (including phenoxy) is 3. The Morgan fingerprint density at radius 3 is 1.00 bits per heavy atom. The van der Waals surface area contributed by atoms with Crippen molar-refractivity contribution < 1.29 is 28.6 Å². The number of carbonyl (C=O) groups excluding carboxylic acids is 3. The van der Waals surface area contributed by atoms with Crippen molar-refractivity contribution in [1.82, 2.24) is 0 Å². The number of hydrogen-bond donors (Lipinski definition) is 0. The molecule has 0 fully saturated rings. The fourth-order valence-electron chi connectivity index (χ4n) is 7.33. The quantitative estimate of drug-likeness (QED) is 0.0263. The minimum Gasteiger partial charge on any atom is -0.462 e. The molecule has 0 aliphatic carbocycles. The topological polar surface area (TPSA) is 78.9 Å². The summed E-state index contributed by atoms with van der Waals surface area (Å²) in [6, 6.07) is 0. The Morgan fingerprint density at radius 1 is 0.328 bits per heavy atom. The molecule has 0 N–H and O–H groups in total. The largest absolute Gasteiger partial charge is 0.462 e. The molecule has 0 radical (unpaired) electrons. The number of hydrogen-bond acceptors (Lipinski definition) is 6. The Balaban J connectivity index is 4.40. The summed E-state index contributed by atoms with van der Waals surface area (Å²) in [5.74, 6) is -0.924. The molecule has 0 saturated heterocycles. The zero-order valence-corrected chi connectivity index (χ0v) is 40.4. The summed E-state index contributed by atoms with van der Waals surface area (Å²) in [5.41, 5.74) is 0. The summed E-state index contributed by atoms with van der Waals surface area (Å²) < 4.78 is 16.8. The first-order chi connectivity index (χ1) is 30.0. The first kappa shape index (κ1) is 58.4. The van der Waals surface area contributed by atoms with Gasteiger partial charge in [0.15, 0.2) is 6.10 Å². The van der Waals surface area contributed by atoms with Crippen molar-refractivity contribution >= 4 is 17.9 Å². The number of unbranched alkanes of at least 4 members (excludes halogenated alkanes) is 28. The molecule has 61 heavy (non-hydrogen) atoms. The number of rotatable bonds is 47. The van der Waals surface area contributed by atoms with Crippen LogP contribution in [0, 0.1) is 0 Å². The number of carbonyl (C=O) groups is 3. The van der Waals surface area contributed by atoms with E-state index in [2.05, 4.69) is 69.4 Å². The molecule has 0 rings (SSSR count). The van der Waals surface area contributed by atoms with Crippen LogP contribution in [0.2, 0.25) is 0 Å². The lowest BCUT2D eigenvalue weighted by Gasteiger charge is -2.18. The third-order valence-corrected chi connectivity index (χ3v) is 11.3. The zero-order chi connectivity index (χ0) is 44.4.